The Morgan fingerprint density at radius 1 is 1.08 bits per heavy atom. The maximum Gasteiger partial charge on any atom is 0.191 e. The van der Waals surface area contributed by atoms with Gasteiger partial charge < -0.3 is 10.6 Å². The number of hydrogen-bond acceptors (Lipinski definition) is 2. The summed E-state index contributed by atoms with van der Waals surface area (Å²) in [4.78, 5) is 9.19. The van der Waals surface area contributed by atoms with Crippen molar-refractivity contribution in [3.05, 3.63) is 65.5 Å². The lowest BCUT2D eigenvalue weighted by Gasteiger charge is -2.19. The van der Waals surface area contributed by atoms with Crippen LogP contribution in [0.3, 0.4) is 0 Å². The summed E-state index contributed by atoms with van der Waals surface area (Å²) in [6, 6.07) is 16.8. The van der Waals surface area contributed by atoms with Crippen LogP contribution in [0, 0.1) is 6.92 Å². The molecular weight excluding hydrogens is 423 g/mol. The van der Waals surface area contributed by atoms with Crippen LogP contribution < -0.4 is 10.6 Å². The molecular formula is C20H27IN4. The van der Waals surface area contributed by atoms with Gasteiger partial charge in [-0.15, -0.1) is 24.0 Å². The van der Waals surface area contributed by atoms with Crippen LogP contribution in [-0.4, -0.2) is 24.0 Å². The Balaban J connectivity index is 0.00000225. The molecule has 134 valence electrons. The third-order valence-corrected chi connectivity index (χ3v) is 4.52. The van der Waals surface area contributed by atoms with E-state index < -0.39 is 0 Å². The van der Waals surface area contributed by atoms with E-state index in [0.29, 0.717) is 6.54 Å². The third-order valence-electron chi connectivity index (χ3n) is 4.52. The molecule has 25 heavy (non-hydrogen) atoms. The number of nitrogens with one attached hydrogen (secondary N) is 2. The number of pyridine rings is 1. The molecule has 0 radical (unpaired) electrons. The van der Waals surface area contributed by atoms with Gasteiger partial charge in [0.2, 0.25) is 0 Å². The van der Waals surface area contributed by atoms with Crippen molar-refractivity contribution < 1.29 is 0 Å². The minimum Gasteiger partial charge on any atom is -0.357 e. The van der Waals surface area contributed by atoms with Crippen LogP contribution in [0.2, 0.25) is 0 Å². The van der Waals surface area contributed by atoms with Crippen LogP contribution in [0.25, 0.3) is 0 Å². The molecule has 0 amide bonds. The summed E-state index contributed by atoms with van der Waals surface area (Å²) in [5, 5.41) is 6.85. The largest absolute Gasteiger partial charge is 0.357 e. The second kappa shape index (κ2) is 9.17. The van der Waals surface area contributed by atoms with Crippen molar-refractivity contribution in [1.29, 1.82) is 0 Å². The fourth-order valence-electron chi connectivity index (χ4n) is 2.95. The Bertz CT molecular complexity index is 696. The van der Waals surface area contributed by atoms with E-state index in [4.69, 9.17) is 0 Å². The summed E-state index contributed by atoms with van der Waals surface area (Å²) in [6.45, 7) is 6.46. The summed E-state index contributed by atoms with van der Waals surface area (Å²) in [5.74, 6) is 0.864. The first-order chi connectivity index (χ1) is 11.7. The standard InChI is InChI=1S/C20H26N4.HI/c1-3-21-19(22-14-18-11-7-8-16(2)24-18)23-15-20(12-13-20)17-9-5-4-6-10-17;/h4-11H,3,12-15H2,1-2H3,(H2,21,22,23);1H. The topological polar surface area (TPSA) is 49.3 Å². The second-order valence-electron chi connectivity index (χ2n) is 6.47. The highest BCUT2D eigenvalue weighted by atomic mass is 127. The van der Waals surface area contributed by atoms with Gasteiger partial charge in [-0.05, 0) is 44.4 Å². The molecule has 0 aliphatic heterocycles. The van der Waals surface area contributed by atoms with Crippen LogP contribution in [0.15, 0.2) is 53.5 Å². The Kier molecular flexibility index (Phi) is 7.23. The molecule has 0 spiro atoms. The van der Waals surface area contributed by atoms with Crippen molar-refractivity contribution in [1.82, 2.24) is 15.6 Å². The van der Waals surface area contributed by atoms with Gasteiger partial charge in [-0.25, -0.2) is 4.99 Å². The molecule has 2 N–H and O–H groups in total. The molecule has 5 heteroatoms. The Labute approximate surface area is 167 Å². The van der Waals surface area contributed by atoms with Gasteiger partial charge >= 0.3 is 0 Å². The predicted molar refractivity (Wildman–Crippen MR) is 115 cm³/mol. The lowest BCUT2D eigenvalue weighted by atomic mass is 9.96. The minimum atomic E-state index is 0. The molecule has 0 atom stereocenters. The van der Waals surface area contributed by atoms with Crippen LogP contribution in [0.5, 0.6) is 0 Å². The normalized spacial score (nSPS) is 15.2. The van der Waals surface area contributed by atoms with E-state index in [1.54, 1.807) is 0 Å². The van der Waals surface area contributed by atoms with Crippen molar-refractivity contribution in [2.24, 2.45) is 4.99 Å². The summed E-state index contributed by atoms with van der Waals surface area (Å²) in [5.41, 5.74) is 3.73. The molecule has 1 aliphatic carbocycles. The molecule has 1 heterocycles. The lowest BCUT2D eigenvalue weighted by molar-refractivity contribution is 0.645. The van der Waals surface area contributed by atoms with E-state index >= 15 is 0 Å². The predicted octanol–water partition coefficient (Wildman–Crippen LogP) is 3.79. The fraction of sp³-hybridized carbons (Fsp3) is 0.400. The molecule has 0 bridgehead atoms. The summed E-state index contributed by atoms with van der Waals surface area (Å²) < 4.78 is 0. The van der Waals surface area contributed by atoms with Crippen LogP contribution in [-0.2, 0) is 12.0 Å². The molecule has 1 aliphatic rings. The molecule has 3 rings (SSSR count). The smallest absolute Gasteiger partial charge is 0.191 e. The Morgan fingerprint density at radius 3 is 2.48 bits per heavy atom. The highest BCUT2D eigenvalue weighted by Gasteiger charge is 2.43. The first-order valence-corrected chi connectivity index (χ1v) is 8.72. The first kappa shape index (κ1) is 19.7. The molecule has 4 nitrogen and oxygen atoms in total. The van der Waals surface area contributed by atoms with Gasteiger partial charge in [-0.1, -0.05) is 36.4 Å². The van der Waals surface area contributed by atoms with Gasteiger partial charge in [0.25, 0.3) is 0 Å². The van der Waals surface area contributed by atoms with Gasteiger partial charge in [0.05, 0.1) is 12.2 Å². The van der Waals surface area contributed by atoms with Crippen LogP contribution in [0.4, 0.5) is 0 Å². The van der Waals surface area contributed by atoms with Gasteiger partial charge in [0.15, 0.2) is 5.96 Å². The van der Waals surface area contributed by atoms with Crippen molar-refractivity contribution in [3.8, 4) is 0 Å². The van der Waals surface area contributed by atoms with Crippen molar-refractivity contribution in [2.75, 3.05) is 13.1 Å². The van der Waals surface area contributed by atoms with Gasteiger partial charge in [0, 0.05) is 24.2 Å². The minimum absolute atomic E-state index is 0. The summed E-state index contributed by atoms with van der Waals surface area (Å²) in [7, 11) is 0. The average molecular weight is 450 g/mol. The number of nitrogens with zero attached hydrogens (tertiary/aromatic N) is 2. The van der Waals surface area contributed by atoms with Gasteiger partial charge in [-0.3, -0.25) is 4.98 Å². The molecule has 0 saturated heterocycles. The molecule has 1 aromatic carbocycles. The summed E-state index contributed by atoms with van der Waals surface area (Å²) in [6.07, 6.45) is 2.48. The zero-order valence-corrected chi connectivity index (χ0v) is 17.3. The Morgan fingerprint density at radius 2 is 1.84 bits per heavy atom. The van der Waals surface area contributed by atoms with E-state index in [0.717, 1.165) is 30.4 Å². The van der Waals surface area contributed by atoms with E-state index in [9.17, 15) is 0 Å². The quantitative estimate of drug-likeness (QED) is 0.400. The van der Waals surface area contributed by atoms with E-state index in [1.165, 1.54) is 18.4 Å². The number of rotatable bonds is 6. The highest BCUT2D eigenvalue weighted by Crippen LogP contribution is 2.47. The van der Waals surface area contributed by atoms with Crippen molar-refractivity contribution in [3.63, 3.8) is 0 Å². The van der Waals surface area contributed by atoms with Crippen LogP contribution in [0.1, 0.15) is 36.7 Å². The Hall–Kier alpha value is -1.63. The number of aryl methyl sites for hydroxylation is 1. The molecule has 1 fully saturated rings. The van der Waals surface area contributed by atoms with Crippen molar-refractivity contribution >= 4 is 29.9 Å². The number of hydrogen-bond donors (Lipinski definition) is 2. The van der Waals surface area contributed by atoms with E-state index in [2.05, 4.69) is 57.9 Å². The summed E-state index contributed by atoms with van der Waals surface area (Å²) >= 11 is 0. The fourth-order valence-corrected chi connectivity index (χ4v) is 2.95. The lowest BCUT2D eigenvalue weighted by Crippen LogP contribution is -2.41. The first-order valence-electron chi connectivity index (χ1n) is 8.72. The molecule has 0 unspecified atom stereocenters. The number of guanidine groups is 1. The average Bonchev–Trinajstić information content (AvgIpc) is 3.39. The molecule has 2 aromatic rings. The molecule has 1 saturated carbocycles. The zero-order valence-electron chi connectivity index (χ0n) is 15.0. The second-order valence-corrected chi connectivity index (χ2v) is 6.47. The van der Waals surface area contributed by atoms with Crippen molar-refractivity contribution in [2.45, 2.75) is 38.6 Å². The SMILES string of the molecule is CCNC(=NCc1cccc(C)n1)NCC1(c2ccccc2)CC1.I. The molecule has 1 aromatic heterocycles. The number of halogens is 1. The maximum absolute atomic E-state index is 4.68. The monoisotopic (exact) mass is 450 g/mol. The van der Waals surface area contributed by atoms with E-state index in [-0.39, 0.29) is 29.4 Å². The van der Waals surface area contributed by atoms with Crippen LogP contribution >= 0.6 is 24.0 Å². The number of aromatic nitrogens is 1. The van der Waals surface area contributed by atoms with Gasteiger partial charge in [0.1, 0.15) is 0 Å². The number of benzene rings is 1. The number of aliphatic imine (C=N–C) groups is 1. The maximum atomic E-state index is 4.68. The van der Waals surface area contributed by atoms with E-state index in [1.807, 2.05) is 25.1 Å². The van der Waals surface area contributed by atoms with Gasteiger partial charge in [-0.2, -0.15) is 0 Å². The highest BCUT2D eigenvalue weighted by molar-refractivity contribution is 14.0. The zero-order chi connectivity index (χ0) is 16.8. The third kappa shape index (κ3) is 5.42.